The predicted octanol–water partition coefficient (Wildman–Crippen LogP) is 3.54. The van der Waals surface area contributed by atoms with E-state index >= 15 is 0 Å². The number of benzene rings is 3. The number of hydrogen-bond acceptors (Lipinski definition) is 9. The average molecular weight is 661 g/mol. The number of esters is 3. The van der Waals surface area contributed by atoms with Gasteiger partial charge in [-0.05, 0) is 28.7 Å². The lowest BCUT2D eigenvalue weighted by Gasteiger charge is -2.44. The van der Waals surface area contributed by atoms with Gasteiger partial charge in [-0.1, -0.05) is 48.5 Å². The Morgan fingerprint density at radius 2 is 1.37 bits per heavy atom. The van der Waals surface area contributed by atoms with Gasteiger partial charge in [-0.25, -0.2) is 8.78 Å². The van der Waals surface area contributed by atoms with Gasteiger partial charge in [-0.3, -0.25) is 18.9 Å². The van der Waals surface area contributed by atoms with E-state index in [-0.39, 0.29) is 11.8 Å². The molecule has 3 aliphatic heterocycles. The molecule has 0 saturated carbocycles. The maximum Gasteiger partial charge on any atom is 0.318 e. The Morgan fingerprint density at radius 1 is 0.804 bits per heavy atom. The zero-order valence-electron chi connectivity index (χ0n) is 23.1. The summed E-state index contributed by atoms with van der Waals surface area (Å²) in [7, 11) is -5.76. The van der Waals surface area contributed by atoms with Gasteiger partial charge < -0.3 is 18.9 Å². The lowest BCUT2D eigenvalue weighted by molar-refractivity contribution is -0.167. The fourth-order valence-electron chi connectivity index (χ4n) is 7.90. The molecule has 1 N–H and O–H groups in total. The fourth-order valence-corrected chi connectivity index (χ4v) is 8.54. The molecule has 0 radical (unpaired) electrons. The van der Waals surface area contributed by atoms with Crippen molar-refractivity contribution in [3.05, 3.63) is 94.1 Å². The van der Waals surface area contributed by atoms with Gasteiger partial charge in [0.25, 0.3) is 0 Å². The molecule has 3 saturated heterocycles. The highest BCUT2D eigenvalue weighted by Crippen LogP contribution is 2.57. The average Bonchev–Trinajstić information content (AvgIpc) is 3.65. The molecule has 4 bridgehead atoms. The second kappa shape index (κ2) is 9.83. The maximum atomic E-state index is 14.6. The van der Waals surface area contributed by atoms with Crippen LogP contribution in [0.25, 0.3) is 0 Å². The zero-order chi connectivity index (χ0) is 32.4. The van der Waals surface area contributed by atoms with Crippen molar-refractivity contribution in [1.29, 1.82) is 0 Å². The second-order valence-electron chi connectivity index (χ2n) is 11.9. The third kappa shape index (κ3) is 3.88. The van der Waals surface area contributed by atoms with Crippen molar-refractivity contribution in [1.82, 2.24) is 0 Å². The summed E-state index contributed by atoms with van der Waals surface area (Å²) in [5, 5.41) is 0. The van der Waals surface area contributed by atoms with Crippen molar-refractivity contribution in [2.45, 2.75) is 47.6 Å². The van der Waals surface area contributed by atoms with Gasteiger partial charge in [0.2, 0.25) is 17.4 Å². The third-order valence-corrected chi connectivity index (χ3v) is 10.6. The summed E-state index contributed by atoms with van der Waals surface area (Å²) < 4.78 is 111. The van der Waals surface area contributed by atoms with E-state index in [0.29, 0.717) is 6.42 Å². The molecule has 0 amide bonds. The highest BCUT2D eigenvalue weighted by molar-refractivity contribution is 7.85. The lowest BCUT2D eigenvalue weighted by Crippen LogP contribution is -2.49. The number of ether oxygens (including phenoxy) is 4. The third-order valence-electron chi connectivity index (χ3n) is 9.68. The van der Waals surface area contributed by atoms with Gasteiger partial charge in [0.15, 0.2) is 28.7 Å². The van der Waals surface area contributed by atoms with E-state index in [1.807, 2.05) is 48.5 Å². The van der Waals surface area contributed by atoms with Crippen LogP contribution in [0.2, 0.25) is 0 Å². The van der Waals surface area contributed by atoms with Crippen molar-refractivity contribution < 1.29 is 63.9 Å². The molecule has 3 aromatic rings. The van der Waals surface area contributed by atoms with Crippen LogP contribution in [-0.2, 0) is 38.7 Å². The van der Waals surface area contributed by atoms with Crippen molar-refractivity contribution in [2.24, 2.45) is 17.8 Å². The summed E-state index contributed by atoms with van der Waals surface area (Å²) in [6.07, 6.45) is -4.47. The lowest BCUT2D eigenvalue weighted by atomic mass is 9.59. The molecule has 3 heterocycles. The van der Waals surface area contributed by atoms with E-state index in [2.05, 4.69) is 4.74 Å². The molecule has 0 spiro atoms. The van der Waals surface area contributed by atoms with Crippen molar-refractivity contribution in [3.63, 3.8) is 0 Å². The fraction of sp³-hybridized carbons (Fsp3) is 0.323. The highest BCUT2D eigenvalue weighted by atomic mass is 32.2. The van der Waals surface area contributed by atoms with Gasteiger partial charge >= 0.3 is 28.0 Å². The molecular formula is C31H20F4O10S. The number of hydrogen-bond donors (Lipinski definition) is 1. The first-order valence-corrected chi connectivity index (χ1v) is 15.6. The minimum atomic E-state index is -5.76. The van der Waals surface area contributed by atoms with Crippen molar-refractivity contribution >= 4 is 28.0 Å². The molecule has 3 aromatic carbocycles. The van der Waals surface area contributed by atoms with E-state index in [0.717, 1.165) is 22.3 Å². The Morgan fingerprint density at radius 3 is 1.93 bits per heavy atom. The van der Waals surface area contributed by atoms with Crippen LogP contribution in [0.1, 0.15) is 40.5 Å². The van der Waals surface area contributed by atoms with Gasteiger partial charge in [-0.15, -0.1) is 0 Å². The topological polar surface area (TPSA) is 142 Å². The SMILES string of the molecule is O=C(OC1C2OC(=O)C3C2OC1C3C(=O)Oc1c(F)c(F)c(S(=O)(=O)O)c(F)c1F)C1CC2c3ccccc3C1c1ccccc12. The molecule has 0 aromatic heterocycles. The molecule has 238 valence electrons. The molecule has 7 unspecified atom stereocenters. The maximum absolute atomic E-state index is 14.6. The number of rotatable bonds is 5. The summed E-state index contributed by atoms with van der Waals surface area (Å²) in [5.74, 6) is -19.1. The summed E-state index contributed by atoms with van der Waals surface area (Å²) in [6.45, 7) is 0. The smallest absolute Gasteiger partial charge is 0.318 e. The van der Waals surface area contributed by atoms with E-state index in [1.54, 1.807) is 0 Å². The molecule has 3 fully saturated rings. The van der Waals surface area contributed by atoms with Crippen LogP contribution >= 0.6 is 0 Å². The molecular weight excluding hydrogens is 640 g/mol. The first kappa shape index (κ1) is 29.1. The largest absolute Gasteiger partial charge is 0.455 e. The molecule has 46 heavy (non-hydrogen) atoms. The van der Waals surface area contributed by atoms with Gasteiger partial charge in [0.1, 0.15) is 24.0 Å². The van der Waals surface area contributed by atoms with Crippen LogP contribution in [0.3, 0.4) is 0 Å². The van der Waals surface area contributed by atoms with Crippen LogP contribution in [0, 0.1) is 41.0 Å². The molecule has 3 aliphatic carbocycles. The molecule has 7 atom stereocenters. The van der Waals surface area contributed by atoms with Crippen LogP contribution in [0.15, 0.2) is 53.4 Å². The number of carbonyl (C=O) groups excluding carboxylic acids is 3. The Balaban J connectivity index is 1.08. The highest BCUT2D eigenvalue weighted by Gasteiger charge is 2.72. The summed E-state index contributed by atoms with van der Waals surface area (Å²) in [5.41, 5.74) is 4.15. The first-order chi connectivity index (χ1) is 21.9. The molecule has 10 nitrogen and oxygen atoms in total. The molecule has 15 heteroatoms. The number of halogens is 4. The van der Waals surface area contributed by atoms with Gasteiger partial charge in [-0.2, -0.15) is 17.2 Å². The number of fused-ring (bicyclic) bond motifs is 2. The quantitative estimate of drug-likeness (QED) is 0.142. The number of carbonyl (C=O) groups is 3. The standard InChI is InChI=1S/C31H20F4O10S/c32-19-21(34)28(46(39,40)41)22(35)20(33)25(19)43-30(37)17-18-24-27(45-31(18)38)26(23(17)42-24)44-29(36)15-9-14-10-5-1-3-7-12(10)16(15)13-8-4-2-6-11(13)14/h1-8,14-18,23-24,26-27H,9H2,(H,39,40,41). The van der Waals surface area contributed by atoms with Crippen molar-refractivity contribution in [2.75, 3.05) is 0 Å². The Kier molecular flexibility index (Phi) is 6.22. The Labute approximate surface area is 256 Å². The summed E-state index contributed by atoms with van der Waals surface area (Å²) in [6, 6.07) is 15.5. The van der Waals surface area contributed by atoms with E-state index < -0.39 is 104 Å². The molecule has 9 rings (SSSR count). The van der Waals surface area contributed by atoms with Gasteiger partial charge in [0.05, 0.1) is 5.92 Å². The first-order valence-electron chi connectivity index (χ1n) is 14.2. The Hall–Kier alpha value is -4.34. The van der Waals surface area contributed by atoms with Crippen LogP contribution in [-0.4, -0.2) is 55.3 Å². The monoisotopic (exact) mass is 660 g/mol. The van der Waals surface area contributed by atoms with E-state index in [1.165, 1.54) is 0 Å². The summed E-state index contributed by atoms with van der Waals surface area (Å²) >= 11 is 0. The molecule has 6 aliphatic rings. The predicted molar refractivity (Wildman–Crippen MR) is 142 cm³/mol. The second-order valence-corrected chi connectivity index (χ2v) is 13.2. The van der Waals surface area contributed by atoms with E-state index in [9.17, 15) is 40.4 Å². The zero-order valence-corrected chi connectivity index (χ0v) is 23.9. The minimum absolute atomic E-state index is 0.0829. The minimum Gasteiger partial charge on any atom is -0.455 e. The Bertz CT molecular complexity index is 1920. The van der Waals surface area contributed by atoms with Crippen LogP contribution in [0.4, 0.5) is 17.6 Å². The van der Waals surface area contributed by atoms with Crippen molar-refractivity contribution in [3.8, 4) is 5.75 Å². The van der Waals surface area contributed by atoms with E-state index in [4.69, 9.17) is 18.8 Å². The normalized spacial score (nSPS) is 31.3. The van der Waals surface area contributed by atoms with Crippen LogP contribution in [0.5, 0.6) is 5.75 Å². The summed E-state index contributed by atoms with van der Waals surface area (Å²) in [4.78, 5) is 37.6. The van der Waals surface area contributed by atoms with Gasteiger partial charge in [0, 0.05) is 11.8 Å². The van der Waals surface area contributed by atoms with Crippen LogP contribution < -0.4 is 4.74 Å².